The van der Waals surface area contributed by atoms with Gasteiger partial charge in [0, 0.05) is 19.6 Å². The number of hydrogen-bond donors (Lipinski definition) is 3. The summed E-state index contributed by atoms with van der Waals surface area (Å²) in [4.78, 5) is 17.9. The Kier molecular flexibility index (Phi) is 2.98. The number of imidazole rings is 1. The molecule has 3 rings (SSSR count). The fourth-order valence-corrected chi connectivity index (χ4v) is 2.74. The van der Waals surface area contributed by atoms with Gasteiger partial charge < -0.3 is 20.9 Å². The van der Waals surface area contributed by atoms with Crippen molar-refractivity contribution < 1.29 is 0 Å². The molecule has 7 nitrogen and oxygen atoms in total. The van der Waals surface area contributed by atoms with Gasteiger partial charge in [0.15, 0.2) is 11.5 Å². The second-order valence-corrected chi connectivity index (χ2v) is 5.15. The maximum Gasteiger partial charge on any atom is 0.224 e. The Hall–Kier alpha value is -1.89. The van der Waals surface area contributed by atoms with E-state index >= 15 is 0 Å². The van der Waals surface area contributed by atoms with E-state index in [1.807, 2.05) is 0 Å². The van der Waals surface area contributed by atoms with E-state index in [0.717, 1.165) is 24.4 Å². The minimum absolute atomic E-state index is 0.262. The molecule has 0 unspecified atom stereocenters. The number of nitrogens with two attached hydrogens (primary N) is 1. The highest BCUT2D eigenvalue weighted by molar-refractivity contribution is 5.84. The van der Waals surface area contributed by atoms with Crippen LogP contribution in [0.25, 0.3) is 11.2 Å². The van der Waals surface area contributed by atoms with Crippen LogP contribution in [0.4, 0.5) is 11.8 Å². The molecular formula is C12H19N7. The number of likely N-dealkylation sites (N-methyl/N-ethyl adjacent to an activating group) is 1. The smallest absolute Gasteiger partial charge is 0.224 e. The lowest BCUT2D eigenvalue weighted by atomic mass is 9.94. The molecule has 1 saturated heterocycles. The normalized spacial score (nSPS) is 23.7. The van der Waals surface area contributed by atoms with E-state index in [9.17, 15) is 0 Å². The van der Waals surface area contributed by atoms with Crippen LogP contribution in [-0.4, -0.2) is 46.1 Å². The molecule has 2 atom stereocenters. The molecule has 0 aliphatic carbocycles. The zero-order valence-corrected chi connectivity index (χ0v) is 11.2. The highest BCUT2D eigenvalue weighted by Gasteiger charge is 2.27. The van der Waals surface area contributed by atoms with Gasteiger partial charge in [0.05, 0.1) is 6.33 Å². The molecule has 0 radical (unpaired) electrons. The number of nitrogens with zero attached hydrogens (tertiary/aromatic N) is 4. The van der Waals surface area contributed by atoms with E-state index < -0.39 is 0 Å². The first kappa shape index (κ1) is 12.2. The average Bonchev–Trinajstić information content (AvgIpc) is 2.85. The zero-order valence-electron chi connectivity index (χ0n) is 11.2. The standard InChI is InChI=1S/C12H19N7/c1-7-3-4-14-5-8(7)19(2)11-9-10(16-6-15-9)17-12(13)18-11/h6-8,14H,3-5H2,1-2H3,(H3,13,15,16,17,18)/t7-,8+/m1/s1. The van der Waals surface area contributed by atoms with E-state index in [1.54, 1.807) is 6.33 Å². The summed E-state index contributed by atoms with van der Waals surface area (Å²) in [7, 11) is 2.05. The minimum atomic E-state index is 0.262. The molecule has 0 bridgehead atoms. The van der Waals surface area contributed by atoms with Gasteiger partial charge in [-0.05, 0) is 18.9 Å². The molecule has 0 saturated carbocycles. The molecule has 19 heavy (non-hydrogen) atoms. The van der Waals surface area contributed by atoms with Gasteiger partial charge in [-0.1, -0.05) is 6.92 Å². The maximum atomic E-state index is 5.77. The first-order valence-corrected chi connectivity index (χ1v) is 6.57. The van der Waals surface area contributed by atoms with Crippen molar-refractivity contribution in [1.29, 1.82) is 0 Å². The van der Waals surface area contributed by atoms with Crippen LogP contribution in [0.5, 0.6) is 0 Å². The summed E-state index contributed by atoms with van der Waals surface area (Å²) in [6, 6.07) is 0.398. The molecule has 3 heterocycles. The Morgan fingerprint density at radius 3 is 3.05 bits per heavy atom. The van der Waals surface area contributed by atoms with Crippen LogP contribution in [0, 0.1) is 5.92 Å². The molecule has 2 aromatic rings. The Labute approximate surface area is 111 Å². The van der Waals surface area contributed by atoms with Crippen LogP contribution in [0.2, 0.25) is 0 Å². The van der Waals surface area contributed by atoms with Crippen molar-refractivity contribution in [3.63, 3.8) is 0 Å². The van der Waals surface area contributed by atoms with Gasteiger partial charge >= 0.3 is 0 Å². The van der Waals surface area contributed by atoms with E-state index in [1.165, 1.54) is 6.42 Å². The van der Waals surface area contributed by atoms with Gasteiger partial charge in [0.1, 0.15) is 5.52 Å². The summed E-state index contributed by atoms with van der Waals surface area (Å²) in [5.41, 5.74) is 7.23. The lowest BCUT2D eigenvalue weighted by Gasteiger charge is -2.37. The first-order valence-electron chi connectivity index (χ1n) is 6.57. The van der Waals surface area contributed by atoms with Crippen molar-refractivity contribution in [1.82, 2.24) is 25.3 Å². The number of fused-ring (bicyclic) bond motifs is 1. The third-order valence-electron chi connectivity index (χ3n) is 3.90. The van der Waals surface area contributed by atoms with Crippen LogP contribution < -0.4 is 16.0 Å². The number of nitrogens with one attached hydrogen (secondary N) is 2. The van der Waals surface area contributed by atoms with Gasteiger partial charge in [-0.2, -0.15) is 9.97 Å². The van der Waals surface area contributed by atoms with Crippen molar-refractivity contribution in [2.75, 3.05) is 30.8 Å². The third kappa shape index (κ3) is 2.10. The number of aromatic nitrogens is 4. The van der Waals surface area contributed by atoms with Crippen LogP contribution in [0.1, 0.15) is 13.3 Å². The number of piperidine rings is 1. The molecule has 102 valence electrons. The summed E-state index contributed by atoms with van der Waals surface area (Å²) < 4.78 is 0. The highest BCUT2D eigenvalue weighted by Crippen LogP contribution is 2.26. The Morgan fingerprint density at radius 2 is 2.26 bits per heavy atom. The van der Waals surface area contributed by atoms with Gasteiger partial charge in [0.2, 0.25) is 5.95 Å². The lowest BCUT2D eigenvalue weighted by Crippen LogP contribution is -2.49. The highest BCUT2D eigenvalue weighted by atomic mass is 15.3. The van der Waals surface area contributed by atoms with Gasteiger partial charge in [0.25, 0.3) is 0 Å². The molecule has 7 heteroatoms. The SMILES string of the molecule is C[C@@H]1CCNC[C@@H]1N(C)c1nc(N)nc2nc[nH]c12. The van der Waals surface area contributed by atoms with E-state index in [2.05, 4.69) is 44.1 Å². The molecular weight excluding hydrogens is 242 g/mol. The van der Waals surface area contributed by atoms with Crippen molar-refractivity contribution in [3.8, 4) is 0 Å². The van der Waals surface area contributed by atoms with Crippen molar-refractivity contribution in [2.24, 2.45) is 5.92 Å². The fraction of sp³-hybridized carbons (Fsp3) is 0.583. The molecule has 0 amide bonds. The maximum absolute atomic E-state index is 5.77. The summed E-state index contributed by atoms with van der Waals surface area (Å²) in [5, 5.41) is 3.43. The summed E-state index contributed by atoms with van der Waals surface area (Å²) >= 11 is 0. The number of anilines is 2. The summed E-state index contributed by atoms with van der Waals surface area (Å²) in [6.07, 6.45) is 2.79. The van der Waals surface area contributed by atoms with Crippen molar-refractivity contribution in [3.05, 3.63) is 6.33 Å². The molecule has 1 fully saturated rings. The molecule has 4 N–H and O–H groups in total. The van der Waals surface area contributed by atoms with Crippen molar-refractivity contribution in [2.45, 2.75) is 19.4 Å². The zero-order chi connectivity index (χ0) is 13.4. The van der Waals surface area contributed by atoms with Crippen molar-refractivity contribution >= 4 is 22.9 Å². The number of H-pyrrole nitrogens is 1. The number of hydrogen-bond acceptors (Lipinski definition) is 6. The van der Waals surface area contributed by atoms with Gasteiger partial charge in [-0.15, -0.1) is 0 Å². The average molecular weight is 261 g/mol. The van der Waals surface area contributed by atoms with Gasteiger partial charge in [-0.25, -0.2) is 4.98 Å². The van der Waals surface area contributed by atoms with Crippen LogP contribution in [0.3, 0.4) is 0 Å². The van der Waals surface area contributed by atoms with E-state index in [-0.39, 0.29) is 5.95 Å². The third-order valence-corrected chi connectivity index (χ3v) is 3.90. The Balaban J connectivity index is 2.00. The second-order valence-electron chi connectivity index (χ2n) is 5.15. The van der Waals surface area contributed by atoms with Crippen LogP contribution in [-0.2, 0) is 0 Å². The first-order chi connectivity index (χ1) is 9.16. The van der Waals surface area contributed by atoms with Crippen LogP contribution >= 0.6 is 0 Å². The number of rotatable bonds is 2. The minimum Gasteiger partial charge on any atom is -0.368 e. The largest absolute Gasteiger partial charge is 0.368 e. The quantitative estimate of drug-likeness (QED) is 0.723. The van der Waals surface area contributed by atoms with E-state index in [0.29, 0.717) is 17.6 Å². The predicted molar refractivity (Wildman–Crippen MR) is 74.9 cm³/mol. The number of nitrogen functional groups attached to an aromatic ring is 1. The lowest BCUT2D eigenvalue weighted by molar-refractivity contribution is 0.338. The second kappa shape index (κ2) is 4.65. The van der Waals surface area contributed by atoms with E-state index in [4.69, 9.17) is 5.73 Å². The topological polar surface area (TPSA) is 95.8 Å². The van der Waals surface area contributed by atoms with Crippen LogP contribution in [0.15, 0.2) is 6.33 Å². The summed E-state index contributed by atoms with van der Waals surface area (Å²) in [5.74, 6) is 1.69. The fourth-order valence-electron chi connectivity index (χ4n) is 2.74. The Morgan fingerprint density at radius 1 is 1.42 bits per heavy atom. The van der Waals surface area contributed by atoms with Gasteiger partial charge in [-0.3, -0.25) is 0 Å². The monoisotopic (exact) mass is 261 g/mol. The molecule has 0 aromatic carbocycles. The molecule has 0 spiro atoms. The predicted octanol–water partition coefficient (Wildman–Crippen LogP) is 0.369. The Bertz CT molecular complexity index is 578. The number of aromatic amines is 1. The summed E-state index contributed by atoms with van der Waals surface area (Å²) in [6.45, 7) is 4.31. The molecule has 1 aliphatic rings. The molecule has 2 aromatic heterocycles. The molecule has 1 aliphatic heterocycles.